The molecule has 2 heterocycles. The summed E-state index contributed by atoms with van der Waals surface area (Å²) in [6, 6.07) is 3.80. The van der Waals surface area contributed by atoms with Crippen LogP contribution in [-0.2, 0) is 0 Å². The molecule has 4 unspecified atom stereocenters. The molecular formula is C15H21NS2. The fourth-order valence-electron chi connectivity index (χ4n) is 4.21. The first-order chi connectivity index (χ1) is 8.79. The molecule has 5 atom stereocenters. The summed E-state index contributed by atoms with van der Waals surface area (Å²) in [5, 5.41) is 7.05. The molecule has 2 aliphatic carbocycles. The normalized spacial score (nSPS) is 42.2. The molecule has 0 radical (unpaired) electrons. The lowest BCUT2D eigenvalue weighted by Gasteiger charge is -2.33. The Morgan fingerprint density at radius 2 is 2.17 bits per heavy atom. The maximum atomic E-state index is 4.02. The van der Waals surface area contributed by atoms with Crippen LogP contribution in [-0.4, -0.2) is 11.3 Å². The Morgan fingerprint density at radius 3 is 2.94 bits per heavy atom. The zero-order valence-corrected chi connectivity index (χ0v) is 12.5. The van der Waals surface area contributed by atoms with Crippen LogP contribution in [0.4, 0.5) is 0 Å². The van der Waals surface area contributed by atoms with Gasteiger partial charge in [0.2, 0.25) is 0 Å². The van der Waals surface area contributed by atoms with Gasteiger partial charge in [-0.1, -0.05) is 13.3 Å². The molecular weight excluding hydrogens is 258 g/mol. The number of fused-ring (bicyclic) bond motifs is 3. The molecule has 1 N–H and O–H groups in total. The van der Waals surface area contributed by atoms with Crippen LogP contribution in [0.5, 0.6) is 0 Å². The Morgan fingerprint density at radius 1 is 1.22 bits per heavy atom. The first-order valence-electron chi connectivity index (χ1n) is 7.29. The van der Waals surface area contributed by atoms with Crippen LogP contribution in [0, 0.1) is 11.8 Å². The van der Waals surface area contributed by atoms with E-state index in [4.69, 9.17) is 0 Å². The first-order valence-corrected chi connectivity index (χ1v) is 9.05. The molecule has 18 heavy (non-hydrogen) atoms. The minimum absolute atomic E-state index is 0.631. The molecule has 2 bridgehead atoms. The Balaban J connectivity index is 1.52. The molecule has 2 saturated carbocycles. The smallest absolute Gasteiger partial charge is 0.0649 e. The van der Waals surface area contributed by atoms with E-state index >= 15 is 0 Å². The SMILES string of the molecule is C[C@H]1CC(NC2CC3CCC2C3)c2ccsc2S1. The van der Waals surface area contributed by atoms with E-state index in [1.165, 1.54) is 32.1 Å². The maximum absolute atomic E-state index is 4.02. The van der Waals surface area contributed by atoms with Crippen LogP contribution in [0.2, 0.25) is 0 Å². The number of rotatable bonds is 2. The van der Waals surface area contributed by atoms with Gasteiger partial charge in [-0.05, 0) is 54.5 Å². The van der Waals surface area contributed by atoms with E-state index in [1.807, 2.05) is 11.3 Å². The molecule has 1 aromatic heterocycles. The van der Waals surface area contributed by atoms with Crippen molar-refractivity contribution < 1.29 is 0 Å². The summed E-state index contributed by atoms with van der Waals surface area (Å²) in [4.78, 5) is 0. The predicted octanol–water partition coefficient (Wildman–Crippen LogP) is 4.45. The van der Waals surface area contributed by atoms with Crippen LogP contribution in [0.25, 0.3) is 0 Å². The van der Waals surface area contributed by atoms with Crippen molar-refractivity contribution in [1.29, 1.82) is 0 Å². The Kier molecular flexibility index (Phi) is 2.97. The number of hydrogen-bond acceptors (Lipinski definition) is 3. The fourth-order valence-corrected chi connectivity index (χ4v) is 6.78. The molecule has 2 fully saturated rings. The van der Waals surface area contributed by atoms with Gasteiger partial charge in [0.05, 0.1) is 4.21 Å². The highest BCUT2D eigenvalue weighted by Crippen LogP contribution is 2.48. The number of thiophene rings is 1. The van der Waals surface area contributed by atoms with E-state index in [9.17, 15) is 0 Å². The maximum Gasteiger partial charge on any atom is 0.0649 e. The van der Waals surface area contributed by atoms with Crippen molar-refractivity contribution in [1.82, 2.24) is 5.32 Å². The highest BCUT2D eigenvalue weighted by molar-refractivity contribution is 8.01. The van der Waals surface area contributed by atoms with Crippen LogP contribution in [0.1, 0.15) is 50.6 Å². The van der Waals surface area contributed by atoms with Gasteiger partial charge < -0.3 is 5.32 Å². The Hall–Kier alpha value is 0.01000. The average molecular weight is 279 g/mol. The van der Waals surface area contributed by atoms with Gasteiger partial charge in [0.1, 0.15) is 0 Å². The average Bonchev–Trinajstić information content (AvgIpc) is 3.02. The second kappa shape index (κ2) is 4.53. The van der Waals surface area contributed by atoms with Gasteiger partial charge in [-0.15, -0.1) is 23.1 Å². The van der Waals surface area contributed by atoms with Gasteiger partial charge in [-0.3, -0.25) is 0 Å². The van der Waals surface area contributed by atoms with Crippen molar-refractivity contribution >= 4 is 23.1 Å². The minimum atomic E-state index is 0.631. The quantitative estimate of drug-likeness (QED) is 0.858. The van der Waals surface area contributed by atoms with Crippen molar-refractivity contribution in [2.45, 2.75) is 60.6 Å². The van der Waals surface area contributed by atoms with E-state index in [0.29, 0.717) is 6.04 Å². The fraction of sp³-hybridized carbons (Fsp3) is 0.733. The third kappa shape index (κ3) is 1.95. The molecule has 98 valence electrons. The Bertz CT molecular complexity index is 441. The van der Waals surface area contributed by atoms with E-state index in [-0.39, 0.29) is 0 Å². The summed E-state index contributed by atoms with van der Waals surface area (Å²) >= 11 is 4.00. The largest absolute Gasteiger partial charge is 0.307 e. The van der Waals surface area contributed by atoms with Gasteiger partial charge in [0.25, 0.3) is 0 Å². The van der Waals surface area contributed by atoms with Gasteiger partial charge in [0.15, 0.2) is 0 Å². The summed E-state index contributed by atoms with van der Waals surface area (Å²) in [5.74, 6) is 2.03. The molecule has 0 aromatic carbocycles. The molecule has 0 amide bonds. The van der Waals surface area contributed by atoms with Gasteiger partial charge in [0, 0.05) is 17.3 Å². The summed E-state index contributed by atoms with van der Waals surface area (Å²) in [6.07, 6.45) is 7.24. The van der Waals surface area contributed by atoms with Crippen molar-refractivity contribution in [3.63, 3.8) is 0 Å². The van der Waals surface area contributed by atoms with Gasteiger partial charge >= 0.3 is 0 Å². The molecule has 1 nitrogen and oxygen atoms in total. The summed E-state index contributed by atoms with van der Waals surface area (Å²) < 4.78 is 1.56. The lowest BCUT2D eigenvalue weighted by Crippen LogP contribution is -2.38. The second-order valence-electron chi connectivity index (χ2n) is 6.33. The van der Waals surface area contributed by atoms with Crippen LogP contribution >= 0.6 is 23.1 Å². The molecule has 0 spiro atoms. The van der Waals surface area contributed by atoms with Gasteiger partial charge in [-0.25, -0.2) is 0 Å². The first kappa shape index (κ1) is 11.8. The van der Waals surface area contributed by atoms with Crippen LogP contribution < -0.4 is 5.32 Å². The standard InChI is InChI=1S/C15H21NS2/c1-9-6-14(12-4-5-17-15(12)18-9)16-13-8-10-2-3-11(13)7-10/h4-5,9-11,13-14,16H,2-3,6-8H2,1H3/t9-,10?,11?,13?,14?/m0/s1. The van der Waals surface area contributed by atoms with Crippen LogP contribution in [0.3, 0.4) is 0 Å². The third-order valence-electron chi connectivity index (χ3n) is 5.06. The zero-order valence-electron chi connectivity index (χ0n) is 10.9. The highest BCUT2D eigenvalue weighted by atomic mass is 32.2. The number of hydrogen-bond donors (Lipinski definition) is 1. The molecule has 1 aliphatic heterocycles. The lowest BCUT2D eigenvalue weighted by atomic mass is 9.93. The predicted molar refractivity (Wildman–Crippen MR) is 79.4 cm³/mol. The molecule has 1 aromatic rings. The number of nitrogens with one attached hydrogen (secondary N) is 1. The van der Waals surface area contributed by atoms with E-state index in [0.717, 1.165) is 23.1 Å². The van der Waals surface area contributed by atoms with Crippen molar-refractivity contribution in [2.24, 2.45) is 11.8 Å². The van der Waals surface area contributed by atoms with E-state index in [1.54, 1.807) is 9.77 Å². The lowest BCUT2D eigenvalue weighted by molar-refractivity contribution is 0.309. The van der Waals surface area contributed by atoms with Crippen molar-refractivity contribution in [3.05, 3.63) is 17.0 Å². The van der Waals surface area contributed by atoms with Crippen LogP contribution in [0.15, 0.2) is 15.7 Å². The van der Waals surface area contributed by atoms with Gasteiger partial charge in [-0.2, -0.15) is 0 Å². The Labute approximate surface area is 118 Å². The molecule has 0 saturated heterocycles. The van der Waals surface area contributed by atoms with Crippen molar-refractivity contribution in [3.8, 4) is 0 Å². The molecule has 4 rings (SSSR count). The summed E-state index contributed by atoms with van der Waals surface area (Å²) in [6.45, 7) is 2.38. The topological polar surface area (TPSA) is 12.0 Å². The van der Waals surface area contributed by atoms with E-state index in [2.05, 4.69) is 35.4 Å². The molecule has 3 aliphatic rings. The minimum Gasteiger partial charge on any atom is -0.307 e. The third-order valence-corrected chi connectivity index (χ3v) is 7.41. The monoisotopic (exact) mass is 279 g/mol. The molecule has 3 heteroatoms. The zero-order chi connectivity index (χ0) is 12.1. The summed E-state index contributed by atoms with van der Waals surface area (Å²) in [5.41, 5.74) is 1.59. The highest BCUT2D eigenvalue weighted by Gasteiger charge is 2.41. The van der Waals surface area contributed by atoms with Crippen molar-refractivity contribution in [2.75, 3.05) is 0 Å². The second-order valence-corrected chi connectivity index (χ2v) is 8.95. The number of thioether (sulfide) groups is 1. The van der Waals surface area contributed by atoms with E-state index < -0.39 is 0 Å². The summed E-state index contributed by atoms with van der Waals surface area (Å²) in [7, 11) is 0.